The van der Waals surface area contributed by atoms with Crippen LogP contribution in [-0.2, 0) is 24.3 Å². The number of hydrogen-bond acceptors (Lipinski definition) is 5. The molecule has 4 rings (SSSR count). The molecule has 9 heteroatoms. The first-order chi connectivity index (χ1) is 14.4. The van der Waals surface area contributed by atoms with E-state index in [-0.39, 0.29) is 17.9 Å². The number of ether oxygens (including phenoxy) is 1. The van der Waals surface area contributed by atoms with Crippen molar-refractivity contribution in [2.45, 2.75) is 11.3 Å². The van der Waals surface area contributed by atoms with Crippen molar-refractivity contribution in [2.75, 3.05) is 22.8 Å². The number of anilines is 2. The van der Waals surface area contributed by atoms with Gasteiger partial charge in [0.05, 0.1) is 17.0 Å². The lowest BCUT2D eigenvalue weighted by Crippen LogP contribution is -2.30. The minimum Gasteiger partial charge on any atom is -0.456 e. The molecule has 0 unspecified atom stereocenters. The van der Waals surface area contributed by atoms with Crippen molar-refractivity contribution in [1.29, 1.82) is 0 Å². The van der Waals surface area contributed by atoms with Crippen LogP contribution in [0.15, 0.2) is 65.6 Å². The minimum atomic E-state index is -3.75. The van der Waals surface area contributed by atoms with Gasteiger partial charge >= 0.3 is 5.97 Å². The molecule has 1 aliphatic heterocycles. The van der Waals surface area contributed by atoms with Gasteiger partial charge in [-0.1, -0.05) is 24.3 Å². The van der Waals surface area contributed by atoms with E-state index in [9.17, 15) is 22.4 Å². The Morgan fingerprint density at radius 3 is 2.43 bits per heavy atom. The Morgan fingerprint density at radius 1 is 1.00 bits per heavy atom. The fourth-order valence-corrected chi connectivity index (χ4v) is 5.05. The number of carbonyl (C=O) groups is 2. The third-order valence-corrected chi connectivity index (χ3v) is 6.55. The highest BCUT2D eigenvalue weighted by Crippen LogP contribution is 2.41. The second kappa shape index (κ2) is 7.75. The van der Waals surface area contributed by atoms with Gasteiger partial charge in [-0.2, -0.15) is 0 Å². The molecular weight excluding hydrogens is 411 g/mol. The summed E-state index contributed by atoms with van der Waals surface area (Å²) in [6.07, 6.45) is -0.215. The standard InChI is InChI=1S/C21H17FN2O5S/c22-15-7-9-16(10-8-15)23-19(25)13-29-20(26)11-12-24-17-5-1-3-14-4-2-6-18(21(14)17)30(24,27)28/h1-10H,11-13H2,(H,23,25). The molecule has 0 saturated heterocycles. The summed E-state index contributed by atoms with van der Waals surface area (Å²) in [6.45, 7) is -0.632. The lowest BCUT2D eigenvalue weighted by molar-refractivity contribution is -0.147. The average Bonchev–Trinajstić information content (AvgIpc) is 2.95. The van der Waals surface area contributed by atoms with Crippen molar-refractivity contribution in [1.82, 2.24) is 0 Å². The molecular formula is C21H17FN2O5S. The number of benzene rings is 3. The molecule has 30 heavy (non-hydrogen) atoms. The molecule has 154 valence electrons. The largest absolute Gasteiger partial charge is 0.456 e. The molecule has 3 aromatic rings. The number of sulfonamides is 1. The molecule has 1 aliphatic rings. The first-order valence-corrected chi connectivity index (χ1v) is 10.6. The number of nitrogens with zero attached hydrogens (tertiary/aromatic N) is 1. The van der Waals surface area contributed by atoms with Crippen molar-refractivity contribution in [2.24, 2.45) is 0 Å². The summed E-state index contributed by atoms with van der Waals surface area (Å²) < 4.78 is 44.7. The third kappa shape index (κ3) is 3.71. The monoisotopic (exact) mass is 428 g/mol. The predicted octanol–water partition coefficient (Wildman–Crippen LogP) is 3.06. The fraction of sp³-hybridized carbons (Fsp3) is 0.143. The van der Waals surface area contributed by atoms with Crippen LogP contribution < -0.4 is 9.62 Å². The van der Waals surface area contributed by atoms with Crippen LogP contribution in [0, 0.1) is 5.82 Å². The van der Waals surface area contributed by atoms with Gasteiger partial charge in [-0.05, 0) is 41.8 Å². The maximum absolute atomic E-state index is 12.9. The van der Waals surface area contributed by atoms with Crippen LogP contribution in [0.4, 0.5) is 15.8 Å². The number of halogens is 1. The molecule has 0 radical (unpaired) electrons. The van der Waals surface area contributed by atoms with Gasteiger partial charge in [0.25, 0.3) is 15.9 Å². The van der Waals surface area contributed by atoms with Crippen LogP contribution in [0.25, 0.3) is 10.8 Å². The summed E-state index contributed by atoms with van der Waals surface area (Å²) in [5.74, 6) is -1.72. The molecule has 3 aromatic carbocycles. The summed E-state index contributed by atoms with van der Waals surface area (Å²) in [5, 5.41) is 3.90. The average molecular weight is 428 g/mol. The SMILES string of the molecule is O=C(COC(=O)CCN1c2cccc3cccc(c23)S1(=O)=O)Nc1ccc(F)cc1. The summed E-state index contributed by atoms with van der Waals surface area (Å²) >= 11 is 0. The van der Waals surface area contributed by atoms with Gasteiger partial charge in [0.1, 0.15) is 5.82 Å². The van der Waals surface area contributed by atoms with Gasteiger partial charge in [0, 0.05) is 17.6 Å². The molecule has 1 heterocycles. The second-order valence-corrected chi connectivity index (χ2v) is 8.51. The van der Waals surface area contributed by atoms with Gasteiger partial charge in [-0.3, -0.25) is 13.9 Å². The molecule has 0 atom stereocenters. The number of amides is 1. The van der Waals surface area contributed by atoms with E-state index in [0.717, 1.165) is 5.39 Å². The maximum atomic E-state index is 12.9. The summed E-state index contributed by atoms with van der Waals surface area (Å²) in [6, 6.07) is 15.5. The van der Waals surface area contributed by atoms with Crippen LogP contribution in [0.2, 0.25) is 0 Å². The van der Waals surface area contributed by atoms with Crippen LogP contribution in [-0.4, -0.2) is 33.4 Å². The summed E-state index contributed by atoms with van der Waals surface area (Å²) in [5.41, 5.74) is 0.886. The Labute approximate surface area is 172 Å². The number of rotatable bonds is 6. The Kier molecular flexibility index (Phi) is 5.13. The first-order valence-electron chi connectivity index (χ1n) is 9.12. The van der Waals surface area contributed by atoms with Crippen LogP contribution in [0.5, 0.6) is 0 Å². The molecule has 1 N–H and O–H groups in total. The van der Waals surface area contributed by atoms with Crippen LogP contribution in [0.3, 0.4) is 0 Å². The van der Waals surface area contributed by atoms with Crippen molar-refractivity contribution >= 4 is 44.0 Å². The number of nitrogens with one attached hydrogen (secondary N) is 1. The molecule has 0 bridgehead atoms. The minimum absolute atomic E-state index is 0.103. The molecule has 1 amide bonds. The fourth-order valence-electron chi connectivity index (χ4n) is 3.34. The van der Waals surface area contributed by atoms with E-state index in [1.165, 1.54) is 28.6 Å². The van der Waals surface area contributed by atoms with Gasteiger partial charge < -0.3 is 10.1 Å². The number of carbonyl (C=O) groups excluding carboxylic acids is 2. The number of esters is 1. The van der Waals surface area contributed by atoms with Crippen molar-refractivity contribution in [3.05, 3.63) is 66.5 Å². The second-order valence-electron chi connectivity index (χ2n) is 6.67. The maximum Gasteiger partial charge on any atom is 0.308 e. The van der Waals surface area contributed by atoms with Gasteiger partial charge in [0.15, 0.2) is 6.61 Å². The van der Waals surface area contributed by atoms with E-state index in [4.69, 9.17) is 4.74 Å². The van der Waals surface area contributed by atoms with Crippen LogP contribution >= 0.6 is 0 Å². The third-order valence-electron chi connectivity index (χ3n) is 4.69. The Morgan fingerprint density at radius 2 is 1.70 bits per heavy atom. The normalized spacial score (nSPS) is 14.0. The van der Waals surface area contributed by atoms with E-state index < -0.39 is 34.3 Å². The zero-order chi connectivity index (χ0) is 21.3. The lowest BCUT2D eigenvalue weighted by Gasteiger charge is -2.18. The first kappa shape index (κ1) is 19.8. The Bertz CT molecular complexity index is 1240. The van der Waals surface area contributed by atoms with Crippen molar-refractivity contribution < 1.29 is 27.1 Å². The highest BCUT2D eigenvalue weighted by molar-refractivity contribution is 7.93. The van der Waals surface area contributed by atoms with E-state index in [2.05, 4.69) is 5.32 Å². The van der Waals surface area contributed by atoms with Gasteiger partial charge in [-0.15, -0.1) is 0 Å². The topological polar surface area (TPSA) is 92.8 Å². The summed E-state index contributed by atoms with van der Waals surface area (Å²) in [7, 11) is -3.75. The van der Waals surface area contributed by atoms with Gasteiger partial charge in [-0.25, -0.2) is 12.8 Å². The van der Waals surface area contributed by atoms with E-state index >= 15 is 0 Å². The lowest BCUT2D eigenvalue weighted by atomic mass is 10.1. The molecule has 7 nitrogen and oxygen atoms in total. The molecule has 0 spiro atoms. The van der Waals surface area contributed by atoms with Crippen LogP contribution in [0.1, 0.15) is 6.42 Å². The highest BCUT2D eigenvalue weighted by Gasteiger charge is 2.35. The molecule has 0 fully saturated rings. The molecule has 0 saturated carbocycles. The Balaban J connectivity index is 1.36. The quantitative estimate of drug-likeness (QED) is 0.609. The van der Waals surface area contributed by atoms with E-state index in [0.29, 0.717) is 16.8 Å². The van der Waals surface area contributed by atoms with Gasteiger partial charge in [0.2, 0.25) is 0 Å². The molecule has 0 aromatic heterocycles. The predicted molar refractivity (Wildman–Crippen MR) is 109 cm³/mol. The van der Waals surface area contributed by atoms with E-state index in [1.54, 1.807) is 24.3 Å². The smallest absolute Gasteiger partial charge is 0.308 e. The van der Waals surface area contributed by atoms with Crippen molar-refractivity contribution in [3.8, 4) is 0 Å². The zero-order valence-corrected chi connectivity index (χ0v) is 16.5. The number of hydrogen-bond donors (Lipinski definition) is 1. The zero-order valence-electron chi connectivity index (χ0n) is 15.7. The van der Waals surface area contributed by atoms with E-state index in [1.807, 2.05) is 12.1 Å². The highest BCUT2D eigenvalue weighted by atomic mass is 32.2. The molecule has 0 aliphatic carbocycles. The van der Waals surface area contributed by atoms with Crippen molar-refractivity contribution in [3.63, 3.8) is 0 Å². The Hall–Kier alpha value is -3.46. The summed E-state index contributed by atoms with van der Waals surface area (Å²) in [4.78, 5) is 24.1.